The Balaban J connectivity index is 2.54. The van der Waals surface area contributed by atoms with E-state index >= 15 is 0 Å². The Morgan fingerprint density at radius 3 is 2.13 bits per heavy atom. The van der Waals surface area contributed by atoms with E-state index in [1.807, 2.05) is 6.92 Å². The van der Waals surface area contributed by atoms with Crippen LogP contribution < -0.4 is 9.62 Å². The molecular weight excluding hydrogens is 566 g/mol. The number of amides is 2. The maximum absolute atomic E-state index is 13.6. The number of nitrogens with one attached hydrogen (secondary N) is 1. The number of anilines is 1. The highest BCUT2D eigenvalue weighted by molar-refractivity contribution is 7.92. The number of halogens is 5. The zero-order valence-corrected chi connectivity index (χ0v) is 23.7. The first-order chi connectivity index (χ1) is 17.6. The molecular formula is C25H30Cl2F3N3O4S. The molecule has 38 heavy (non-hydrogen) atoms. The van der Waals surface area contributed by atoms with Gasteiger partial charge < -0.3 is 10.2 Å². The van der Waals surface area contributed by atoms with Gasteiger partial charge in [-0.05, 0) is 55.7 Å². The molecule has 210 valence electrons. The number of alkyl halides is 3. The van der Waals surface area contributed by atoms with Crippen LogP contribution >= 0.6 is 23.2 Å². The first-order valence-corrected chi connectivity index (χ1v) is 14.4. The third-order valence-electron chi connectivity index (χ3n) is 5.87. The average Bonchev–Trinajstić information content (AvgIpc) is 2.82. The summed E-state index contributed by atoms with van der Waals surface area (Å²) in [5, 5.41) is 2.99. The number of nitrogens with zero attached hydrogens (tertiary/aromatic N) is 2. The van der Waals surface area contributed by atoms with E-state index in [2.05, 4.69) is 5.32 Å². The Bertz CT molecular complexity index is 1240. The van der Waals surface area contributed by atoms with Gasteiger partial charge in [0.1, 0.15) is 12.6 Å². The molecule has 0 fully saturated rings. The molecule has 1 N–H and O–H groups in total. The Morgan fingerprint density at radius 2 is 1.63 bits per heavy atom. The Morgan fingerprint density at radius 1 is 1.03 bits per heavy atom. The summed E-state index contributed by atoms with van der Waals surface area (Å²) in [5.74, 6) is -1.24. The zero-order chi connectivity index (χ0) is 28.8. The highest BCUT2D eigenvalue weighted by atomic mass is 35.5. The van der Waals surface area contributed by atoms with Crippen molar-refractivity contribution in [2.24, 2.45) is 0 Å². The van der Waals surface area contributed by atoms with Crippen molar-refractivity contribution in [3.05, 3.63) is 63.6 Å². The molecule has 0 aromatic heterocycles. The topological polar surface area (TPSA) is 86.8 Å². The van der Waals surface area contributed by atoms with Crippen LogP contribution in [0.4, 0.5) is 18.9 Å². The smallest absolute Gasteiger partial charge is 0.352 e. The molecule has 13 heteroatoms. The van der Waals surface area contributed by atoms with Gasteiger partial charge in [0.2, 0.25) is 21.8 Å². The van der Waals surface area contributed by atoms with Gasteiger partial charge in [0.05, 0.1) is 22.5 Å². The lowest BCUT2D eigenvalue weighted by Gasteiger charge is -2.33. The third-order valence-corrected chi connectivity index (χ3v) is 7.57. The minimum Gasteiger partial charge on any atom is -0.352 e. The van der Waals surface area contributed by atoms with Crippen molar-refractivity contribution in [2.75, 3.05) is 17.1 Å². The van der Waals surface area contributed by atoms with Crippen LogP contribution in [0.1, 0.15) is 44.7 Å². The molecule has 0 bridgehead atoms. The summed E-state index contributed by atoms with van der Waals surface area (Å²) in [6.45, 7) is 4.43. The van der Waals surface area contributed by atoms with E-state index in [4.69, 9.17) is 23.2 Å². The molecule has 2 rings (SSSR count). The van der Waals surface area contributed by atoms with Crippen LogP contribution in [0.2, 0.25) is 10.0 Å². The number of benzene rings is 2. The van der Waals surface area contributed by atoms with Gasteiger partial charge in [-0.25, -0.2) is 8.42 Å². The first-order valence-electron chi connectivity index (χ1n) is 11.8. The van der Waals surface area contributed by atoms with Crippen molar-refractivity contribution in [3.8, 4) is 0 Å². The molecule has 2 aromatic carbocycles. The molecule has 0 aliphatic heterocycles. The Hall–Kier alpha value is -2.50. The summed E-state index contributed by atoms with van der Waals surface area (Å²) in [5.41, 5.74) is -1.02. The number of carbonyl (C=O) groups excluding carboxylic acids is 2. The maximum Gasteiger partial charge on any atom is 0.416 e. The average molecular weight is 596 g/mol. The van der Waals surface area contributed by atoms with E-state index in [9.17, 15) is 31.2 Å². The molecule has 2 amide bonds. The second-order valence-electron chi connectivity index (χ2n) is 8.82. The molecule has 0 heterocycles. The molecule has 0 saturated carbocycles. The maximum atomic E-state index is 13.6. The first kappa shape index (κ1) is 31.7. The zero-order valence-electron chi connectivity index (χ0n) is 21.4. The molecule has 0 saturated heterocycles. The fraction of sp³-hybridized carbons (Fsp3) is 0.440. The third kappa shape index (κ3) is 8.51. The van der Waals surface area contributed by atoms with Crippen molar-refractivity contribution in [2.45, 2.75) is 58.4 Å². The summed E-state index contributed by atoms with van der Waals surface area (Å²) >= 11 is 12.1. The molecule has 2 atom stereocenters. The van der Waals surface area contributed by atoms with Crippen LogP contribution in [0.5, 0.6) is 0 Å². The number of hydrogen-bond acceptors (Lipinski definition) is 4. The SMILES string of the molecule is CC[C@@H](C)NC(=O)[C@H](CC)N(Cc1ccc(Cl)cc1)C(=O)CN(c1cc(C(F)(F)F)ccc1Cl)S(C)(=O)=O. The predicted molar refractivity (Wildman–Crippen MR) is 143 cm³/mol. The van der Waals surface area contributed by atoms with Crippen molar-refractivity contribution < 1.29 is 31.2 Å². The van der Waals surface area contributed by atoms with Crippen molar-refractivity contribution in [1.82, 2.24) is 10.2 Å². The van der Waals surface area contributed by atoms with Crippen LogP contribution in [0.3, 0.4) is 0 Å². The van der Waals surface area contributed by atoms with Crippen LogP contribution in [0.25, 0.3) is 0 Å². The van der Waals surface area contributed by atoms with Crippen LogP contribution in [-0.2, 0) is 32.3 Å². The lowest BCUT2D eigenvalue weighted by Crippen LogP contribution is -2.53. The number of sulfonamides is 1. The van der Waals surface area contributed by atoms with Gasteiger partial charge in [0.15, 0.2) is 0 Å². The standard InChI is InChI=1S/C25H30Cl2F3N3O4S/c1-5-16(3)31-24(35)21(6-2)32(14-17-7-10-19(26)11-8-17)23(34)15-33(38(4,36)37)22-13-18(25(28,29)30)9-12-20(22)27/h7-13,16,21H,5-6,14-15H2,1-4H3,(H,31,35)/t16-,21+/m1/s1. The van der Waals surface area contributed by atoms with Gasteiger partial charge in [0, 0.05) is 17.6 Å². The summed E-state index contributed by atoms with van der Waals surface area (Å²) < 4.78 is 65.9. The normalized spacial score (nSPS) is 13.5. The van der Waals surface area contributed by atoms with Gasteiger partial charge in [-0.15, -0.1) is 0 Å². The Kier molecular flexibility index (Phi) is 10.9. The fourth-order valence-corrected chi connectivity index (χ4v) is 4.87. The summed E-state index contributed by atoms with van der Waals surface area (Å²) in [6, 6.07) is 7.56. The second-order valence-corrected chi connectivity index (χ2v) is 11.6. The number of rotatable bonds is 11. The molecule has 0 radical (unpaired) electrons. The van der Waals surface area contributed by atoms with E-state index in [1.54, 1.807) is 38.1 Å². The van der Waals surface area contributed by atoms with Crippen LogP contribution in [0, 0.1) is 0 Å². The minimum absolute atomic E-state index is 0.0731. The molecule has 0 unspecified atom stereocenters. The summed E-state index contributed by atoms with van der Waals surface area (Å²) in [4.78, 5) is 27.9. The molecule has 2 aromatic rings. The van der Waals surface area contributed by atoms with Crippen LogP contribution in [-0.4, -0.2) is 50.0 Å². The molecule has 0 aliphatic rings. The summed E-state index contributed by atoms with van der Waals surface area (Å²) in [7, 11) is -4.27. The lowest BCUT2D eigenvalue weighted by molar-refractivity contribution is -0.140. The van der Waals surface area contributed by atoms with Crippen molar-refractivity contribution in [3.63, 3.8) is 0 Å². The van der Waals surface area contributed by atoms with E-state index in [0.717, 1.165) is 12.3 Å². The quantitative estimate of drug-likeness (QED) is 0.371. The van der Waals surface area contributed by atoms with Gasteiger partial charge in [-0.2, -0.15) is 13.2 Å². The Labute approximate surface area is 230 Å². The highest BCUT2D eigenvalue weighted by Gasteiger charge is 2.35. The number of carbonyl (C=O) groups is 2. The largest absolute Gasteiger partial charge is 0.416 e. The number of hydrogen-bond donors (Lipinski definition) is 1. The lowest BCUT2D eigenvalue weighted by atomic mass is 10.1. The predicted octanol–water partition coefficient (Wildman–Crippen LogP) is 5.50. The van der Waals surface area contributed by atoms with Crippen molar-refractivity contribution in [1.29, 1.82) is 0 Å². The molecule has 0 aliphatic carbocycles. The van der Waals surface area contributed by atoms with Gasteiger partial charge in [-0.3, -0.25) is 13.9 Å². The van der Waals surface area contributed by atoms with Crippen molar-refractivity contribution >= 4 is 50.7 Å². The van der Waals surface area contributed by atoms with E-state index < -0.39 is 51.9 Å². The molecule has 0 spiro atoms. The fourth-order valence-electron chi connectivity index (χ4n) is 3.62. The van der Waals surface area contributed by atoms with Gasteiger partial charge in [-0.1, -0.05) is 49.2 Å². The van der Waals surface area contributed by atoms with Gasteiger partial charge >= 0.3 is 6.18 Å². The van der Waals surface area contributed by atoms with E-state index in [0.29, 0.717) is 33.4 Å². The molecule has 7 nitrogen and oxygen atoms in total. The van der Waals surface area contributed by atoms with Crippen LogP contribution in [0.15, 0.2) is 42.5 Å². The second kappa shape index (κ2) is 13.0. The van der Waals surface area contributed by atoms with Gasteiger partial charge in [0.25, 0.3) is 0 Å². The van der Waals surface area contributed by atoms with E-state index in [1.165, 1.54) is 4.90 Å². The monoisotopic (exact) mass is 595 g/mol. The minimum atomic E-state index is -4.77. The summed E-state index contributed by atoms with van der Waals surface area (Å²) in [6.07, 6.45) is -3.17. The highest BCUT2D eigenvalue weighted by Crippen LogP contribution is 2.36. The van der Waals surface area contributed by atoms with E-state index in [-0.39, 0.29) is 24.0 Å².